The van der Waals surface area contributed by atoms with Gasteiger partial charge in [-0.2, -0.15) is 0 Å². The molecule has 4 heteroatoms. The first-order chi connectivity index (χ1) is 8.63. The van der Waals surface area contributed by atoms with Gasteiger partial charge < -0.3 is 0 Å². The Labute approximate surface area is 135 Å². The van der Waals surface area contributed by atoms with Crippen molar-refractivity contribution < 1.29 is 4.43 Å². The van der Waals surface area contributed by atoms with E-state index >= 15 is 0 Å². The smallest absolute Gasteiger partial charge is 0.0379 e. The molecule has 0 saturated heterocycles. The zero-order chi connectivity index (χ0) is 15.1. The number of benzene rings is 1. The van der Waals surface area contributed by atoms with Crippen LogP contribution >= 0.6 is 0 Å². The van der Waals surface area contributed by atoms with E-state index in [0.29, 0.717) is 0 Å². The quantitative estimate of drug-likeness (QED) is 0.525. The molecule has 3 radical (unpaired) electrons. The maximum absolute atomic E-state index is 5.99. The molecule has 0 amide bonds. The summed E-state index contributed by atoms with van der Waals surface area (Å²) in [4.78, 5) is 0. The molecule has 1 aromatic rings. The molecule has 0 aliphatic rings. The van der Waals surface area contributed by atoms with Gasteiger partial charge in [0, 0.05) is 8.80 Å². The van der Waals surface area contributed by atoms with Crippen molar-refractivity contribution in [3.8, 4) is 0 Å². The number of hydrogen-bond donors (Lipinski definition) is 0. The van der Waals surface area contributed by atoms with Crippen LogP contribution in [0.4, 0.5) is 0 Å². The molecule has 0 bridgehead atoms. The molecule has 0 aliphatic heterocycles. The van der Waals surface area contributed by atoms with Crippen LogP contribution < -0.4 is 0 Å². The van der Waals surface area contributed by atoms with Crippen molar-refractivity contribution in [1.29, 1.82) is 0 Å². The first-order valence-corrected chi connectivity index (χ1v) is 14.2. The molecule has 0 aliphatic carbocycles. The summed E-state index contributed by atoms with van der Waals surface area (Å²) >= 11 is 1.67. The molecular formula is C15H26OSbSi2. The summed E-state index contributed by atoms with van der Waals surface area (Å²) in [6.07, 6.45) is 0. The monoisotopic (exact) mass is 399 g/mol. The SMILES string of the molecule is C/C(=[C](/[Sb])O[Si](C)(C)C)c1ccccc1.C[Si](C)C. The molecular weight excluding hydrogens is 374 g/mol. The van der Waals surface area contributed by atoms with Crippen LogP contribution in [0.2, 0.25) is 39.3 Å². The van der Waals surface area contributed by atoms with E-state index < -0.39 is 8.32 Å². The Morgan fingerprint density at radius 1 is 1.05 bits per heavy atom. The molecule has 0 heterocycles. The van der Waals surface area contributed by atoms with Crippen molar-refractivity contribution in [2.75, 3.05) is 0 Å². The fourth-order valence-corrected chi connectivity index (χ4v) is 4.62. The second-order valence-electron chi connectivity index (χ2n) is 6.01. The van der Waals surface area contributed by atoms with Gasteiger partial charge in [-0.25, -0.2) is 0 Å². The predicted octanol–water partition coefficient (Wildman–Crippen LogP) is 4.77. The van der Waals surface area contributed by atoms with Crippen molar-refractivity contribution >= 4 is 45.7 Å². The number of hydrogen-bond acceptors (Lipinski definition) is 1. The van der Waals surface area contributed by atoms with Crippen LogP contribution in [-0.4, -0.2) is 40.1 Å². The summed E-state index contributed by atoms with van der Waals surface area (Å²) < 4.78 is 7.10. The van der Waals surface area contributed by atoms with E-state index in [2.05, 4.69) is 70.5 Å². The summed E-state index contributed by atoms with van der Waals surface area (Å²) in [5, 5.41) is 0. The van der Waals surface area contributed by atoms with Crippen LogP contribution in [0, 0.1) is 0 Å². The molecule has 0 unspecified atom stereocenters. The van der Waals surface area contributed by atoms with Gasteiger partial charge in [0.25, 0.3) is 0 Å². The van der Waals surface area contributed by atoms with Crippen LogP contribution in [0.5, 0.6) is 0 Å². The Hall–Kier alpha value is 0.0119. The van der Waals surface area contributed by atoms with Gasteiger partial charge in [0.15, 0.2) is 0 Å². The van der Waals surface area contributed by atoms with Gasteiger partial charge in [-0.3, -0.25) is 0 Å². The molecule has 0 atom stereocenters. The molecule has 0 spiro atoms. The summed E-state index contributed by atoms with van der Waals surface area (Å²) in [5.74, 6) is 0. The molecule has 0 N–H and O–H groups in total. The first kappa shape index (κ1) is 19.0. The minimum absolute atomic E-state index is 0.120. The molecule has 1 aromatic carbocycles. The molecule has 1 rings (SSSR count). The topological polar surface area (TPSA) is 9.23 Å². The van der Waals surface area contributed by atoms with Gasteiger partial charge >= 0.3 is 108 Å². The van der Waals surface area contributed by atoms with Gasteiger partial charge in [0.1, 0.15) is 0 Å². The third kappa shape index (κ3) is 10.5. The van der Waals surface area contributed by atoms with E-state index in [9.17, 15) is 0 Å². The van der Waals surface area contributed by atoms with E-state index in [4.69, 9.17) is 4.43 Å². The van der Waals surface area contributed by atoms with Crippen LogP contribution in [0.3, 0.4) is 0 Å². The van der Waals surface area contributed by atoms with Crippen molar-refractivity contribution in [2.45, 2.75) is 46.2 Å². The third-order valence-corrected chi connectivity index (χ3v) is 4.48. The first-order valence-electron chi connectivity index (χ1n) is 6.54. The van der Waals surface area contributed by atoms with Crippen LogP contribution in [0.1, 0.15) is 12.5 Å². The third-order valence-electron chi connectivity index (χ3n) is 1.93. The van der Waals surface area contributed by atoms with Crippen LogP contribution in [-0.2, 0) is 4.43 Å². The standard InChI is InChI=1S/C12H17OSi.C3H9Si.Sb/c1-11(10-13-14(2,3)4)12-8-6-5-7-9-12;1-4(2)3;/h5-9H,1-4H3;1-3H3;. The van der Waals surface area contributed by atoms with Crippen molar-refractivity contribution in [3.63, 3.8) is 0 Å². The van der Waals surface area contributed by atoms with Crippen LogP contribution in [0.15, 0.2) is 34.0 Å². The Morgan fingerprint density at radius 3 is 1.84 bits per heavy atom. The maximum atomic E-state index is 5.99. The predicted molar refractivity (Wildman–Crippen MR) is 92.6 cm³/mol. The van der Waals surface area contributed by atoms with Crippen molar-refractivity contribution in [3.05, 3.63) is 39.6 Å². The normalized spacial score (nSPS) is 12.5. The minimum atomic E-state index is -1.46. The molecule has 0 fully saturated rings. The molecule has 19 heavy (non-hydrogen) atoms. The Balaban J connectivity index is 0.000000711. The minimum Gasteiger partial charge on any atom is -0.0715 e. The Bertz CT molecular complexity index is 392. The summed E-state index contributed by atoms with van der Waals surface area (Å²) in [5.41, 5.74) is 2.51. The summed E-state index contributed by atoms with van der Waals surface area (Å²) in [7, 11) is -1.34. The van der Waals surface area contributed by atoms with E-state index in [1.165, 1.54) is 11.1 Å². The molecule has 0 saturated carbocycles. The van der Waals surface area contributed by atoms with Gasteiger partial charge in [-0.15, -0.1) is 0 Å². The fourth-order valence-electron chi connectivity index (χ4n) is 1.18. The van der Waals surface area contributed by atoms with E-state index in [1.54, 1.807) is 23.0 Å². The van der Waals surface area contributed by atoms with Gasteiger partial charge in [-0.05, 0) is 0 Å². The van der Waals surface area contributed by atoms with E-state index in [0.717, 1.165) is 3.71 Å². The Morgan fingerprint density at radius 2 is 1.47 bits per heavy atom. The molecule has 1 nitrogen and oxygen atoms in total. The molecule has 105 valence electrons. The zero-order valence-corrected chi connectivity index (χ0v) is 17.8. The Kier molecular flexibility index (Phi) is 9.05. The average Bonchev–Trinajstić information content (AvgIpc) is 2.26. The molecule has 0 aromatic heterocycles. The number of rotatable bonds is 3. The van der Waals surface area contributed by atoms with E-state index in [-0.39, 0.29) is 8.80 Å². The van der Waals surface area contributed by atoms with Gasteiger partial charge in [0.05, 0.1) is 0 Å². The van der Waals surface area contributed by atoms with Gasteiger partial charge in [-0.1, -0.05) is 19.6 Å². The summed E-state index contributed by atoms with van der Waals surface area (Å²) in [6.45, 7) is 15.6. The average molecular weight is 400 g/mol. The number of allylic oxidation sites excluding steroid dienone is 1. The van der Waals surface area contributed by atoms with Gasteiger partial charge in [0.2, 0.25) is 0 Å². The maximum Gasteiger partial charge on any atom is 0.0379 e. The summed E-state index contributed by atoms with van der Waals surface area (Å²) in [6, 6.07) is 10.4. The second kappa shape index (κ2) is 9.04. The zero-order valence-electron chi connectivity index (χ0n) is 13.2. The van der Waals surface area contributed by atoms with E-state index in [1.807, 2.05) is 6.07 Å². The van der Waals surface area contributed by atoms with Crippen LogP contribution in [0.25, 0.3) is 5.57 Å². The van der Waals surface area contributed by atoms with Crippen molar-refractivity contribution in [1.82, 2.24) is 0 Å². The second-order valence-corrected chi connectivity index (χ2v) is 14.6. The fraction of sp³-hybridized carbons (Fsp3) is 0.467. The van der Waals surface area contributed by atoms with Crippen molar-refractivity contribution in [2.24, 2.45) is 0 Å². The largest absolute Gasteiger partial charge is 0.0715 e.